The van der Waals surface area contributed by atoms with Gasteiger partial charge >= 0.3 is 0 Å². The van der Waals surface area contributed by atoms with Crippen LogP contribution in [0.4, 0.5) is 0 Å². The molecule has 0 saturated carbocycles. The predicted molar refractivity (Wildman–Crippen MR) is 77.8 cm³/mol. The molecule has 0 bridgehead atoms. The van der Waals surface area contributed by atoms with Crippen molar-refractivity contribution in [3.63, 3.8) is 0 Å². The molecule has 1 aliphatic heterocycles. The third-order valence-electron chi connectivity index (χ3n) is 4.89. The van der Waals surface area contributed by atoms with Gasteiger partial charge in [-0.25, -0.2) is 0 Å². The van der Waals surface area contributed by atoms with E-state index in [2.05, 4.69) is 25.3 Å². The fourth-order valence-electron chi connectivity index (χ4n) is 3.92. The van der Waals surface area contributed by atoms with E-state index < -0.39 is 0 Å². The third kappa shape index (κ3) is 2.15. The summed E-state index contributed by atoms with van der Waals surface area (Å²) in [7, 11) is 0. The molecule has 0 N–H and O–H groups in total. The molecule has 0 saturated heterocycles. The quantitative estimate of drug-likeness (QED) is 0.688. The lowest BCUT2D eigenvalue weighted by Crippen LogP contribution is -2.32. The zero-order chi connectivity index (χ0) is 13.6. The highest BCUT2D eigenvalue weighted by molar-refractivity contribution is 5.83. The molecule has 0 fully saturated rings. The Hall–Kier alpha value is -1.05. The van der Waals surface area contributed by atoms with Crippen LogP contribution in [-0.4, -0.2) is 10.5 Å². The molecule has 0 aromatic carbocycles. The van der Waals surface area contributed by atoms with E-state index in [1.54, 1.807) is 0 Å². The Morgan fingerprint density at radius 3 is 2.37 bits per heavy atom. The summed E-state index contributed by atoms with van der Waals surface area (Å²) in [5.41, 5.74) is 5.71. The zero-order valence-electron chi connectivity index (χ0n) is 12.5. The Labute approximate surface area is 116 Å². The lowest BCUT2D eigenvalue weighted by molar-refractivity contribution is 0.0805. The largest absolute Gasteiger partial charge is 0.288 e. The SMILES string of the molecule is Cc1c2c(n3c1CC(C)(C)CC3=O)CCCCCC2. The highest BCUT2D eigenvalue weighted by atomic mass is 16.2. The molecule has 0 radical (unpaired) electrons. The smallest absolute Gasteiger partial charge is 0.231 e. The van der Waals surface area contributed by atoms with Crippen LogP contribution >= 0.6 is 0 Å². The Balaban J connectivity index is 2.13. The maximum absolute atomic E-state index is 12.5. The topological polar surface area (TPSA) is 22.0 Å². The van der Waals surface area contributed by atoms with Gasteiger partial charge in [-0.3, -0.25) is 9.36 Å². The minimum atomic E-state index is 0.130. The Morgan fingerprint density at radius 1 is 0.947 bits per heavy atom. The zero-order valence-corrected chi connectivity index (χ0v) is 12.5. The van der Waals surface area contributed by atoms with Crippen LogP contribution in [0.3, 0.4) is 0 Å². The summed E-state index contributed by atoms with van der Waals surface area (Å²) < 4.78 is 2.10. The van der Waals surface area contributed by atoms with Crippen LogP contribution in [0, 0.1) is 12.3 Å². The van der Waals surface area contributed by atoms with Gasteiger partial charge in [-0.2, -0.15) is 0 Å². The van der Waals surface area contributed by atoms with Gasteiger partial charge in [0.05, 0.1) is 0 Å². The summed E-state index contributed by atoms with van der Waals surface area (Å²) in [6.07, 6.45) is 9.22. The van der Waals surface area contributed by atoms with Gasteiger partial charge in [0.1, 0.15) is 0 Å². The van der Waals surface area contributed by atoms with E-state index in [1.807, 2.05) is 0 Å². The van der Waals surface area contributed by atoms with Crippen LogP contribution in [-0.2, 0) is 19.3 Å². The third-order valence-corrected chi connectivity index (χ3v) is 4.89. The molecule has 1 aromatic heterocycles. The van der Waals surface area contributed by atoms with Crippen molar-refractivity contribution in [2.24, 2.45) is 5.41 Å². The van der Waals surface area contributed by atoms with Gasteiger partial charge in [0, 0.05) is 17.8 Å². The van der Waals surface area contributed by atoms with Crippen LogP contribution in [0.5, 0.6) is 0 Å². The van der Waals surface area contributed by atoms with Crippen LogP contribution in [0.15, 0.2) is 0 Å². The van der Waals surface area contributed by atoms with Crippen molar-refractivity contribution in [2.75, 3.05) is 0 Å². The minimum absolute atomic E-state index is 0.130. The van der Waals surface area contributed by atoms with E-state index in [1.165, 1.54) is 54.6 Å². The number of hydrogen-bond acceptors (Lipinski definition) is 1. The fourth-order valence-corrected chi connectivity index (χ4v) is 3.92. The second-order valence-corrected chi connectivity index (χ2v) is 7.16. The second-order valence-electron chi connectivity index (χ2n) is 7.16. The maximum atomic E-state index is 12.5. The van der Waals surface area contributed by atoms with Crippen molar-refractivity contribution in [1.82, 2.24) is 4.57 Å². The van der Waals surface area contributed by atoms with Gasteiger partial charge in [-0.15, -0.1) is 0 Å². The summed E-state index contributed by atoms with van der Waals surface area (Å²) in [6, 6.07) is 0. The summed E-state index contributed by atoms with van der Waals surface area (Å²) >= 11 is 0. The first-order chi connectivity index (χ1) is 8.99. The Kier molecular flexibility index (Phi) is 3.07. The second kappa shape index (κ2) is 4.50. The fraction of sp³-hybridized carbons (Fsp3) is 0.706. The molecule has 0 spiro atoms. The molecule has 1 aromatic rings. The average Bonchev–Trinajstić information content (AvgIpc) is 2.50. The Morgan fingerprint density at radius 2 is 1.63 bits per heavy atom. The van der Waals surface area contributed by atoms with Gasteiger partial charge in [0.2, 0.25) is 5.91 Å². The molecule has 0 atom stereocenters. The van der Waals surface area contributed by atoms with Crippen molar-refractivity contribution in [2.45, 2.75) is 72.1 Å². The van der Waals surface area contributed by atoms with Crippen molar-refractivity contribution >= 4 is 5.91 Å². The van der Waals surface area contributed by atoms with Crippen molar-refractivity contribution in [3.8, 4) is 0 Å². The first-order valence-electron chi connectivity index (χ1n) is 7.75. The molecule has 2 heterocycles. The highest BCUT2D eigenvalue weighted by Gasteiger charge is 2.35. The van der Waals surface area contributed by atoms with Crippen molar-refractivity contribution in [1.29, 1.82) is 0 Å². The maximum Gasteiger partial charge on any atom is 0.231 e. The van der Waals surface area contributed by atoms with Gasteiger partial charge in [-0.05, 0) is 55.6 Å². The predicted octanol–water partition coefficient (Wildman–Crippen LogP) is 4.07. The standard InChI is InChI=1S/C17H25NO/c1-12-13-8-6-4-5-7-9-14(13)18-15(12)10-17(2,3)11-16(18)19/h4-11H2,1-3H3. The molecule has 2 nitrogen and oxygen atoms in total. The van der Waals surface area contributed by atoms with E-state index in [4.69, 9.17) is 0 Å². The molecule has 19 heavy (non-hydrogen) atoms. The van der Waals surface area contributed by atoms with Crippen LogP contribution < -0.4 is 0 Å². The number of aromatic nitrogens is 1. The minimum Gasteiger partial charge on any atom is -0.288 e. The number of nitrogens with zero attached hydrogens (tertiary/aromatic N) is 1. The van der Waals surface area contributed by atoms with E-state index in [9.17, 15) is 4.79 Å². The van der Waals surface area contributed by atoms with Gasteiger partial charge in [0.25, 0.3) is 0 Å². The molecule has 2 aliphatic rings. The molecule has 2 heteroatoms. The number of carbonyl (C=O) groups excluding carboxylic acids is 1. The van der Waals surface area contributed by atoms with Crippen molar-refractivity contribution in [3.05, 3.63) is 22.5 Å². The molecule has 0 amide bonds. The summed E-state index contributed by atoms with van der Waals surface area (Å²) in [5, 5.41) is 0. The number of carbonyl (C=O) groups is 1. The van der Waals surface area contributed by atoms with E-state index in [-0.39, 0.29) is 5.41 Å². The van der Waals surface area contributed by atoms with Crippen LogP contribution in [0.1, 0.15) is 73.3 Å². The summed E-state index contributed by atoms with van der Waals surface area (Å²) in [6.45, 7) is 6.68. The highest BCUT2D eigenvalue weighted by Crippen LogP contribution is 2.38. The molecular weight excluding hydrogens is 234 g/mol. The molecule has 0 unspecified atom stereocenters. The molecule has 1 aliphatic carbocycles. The molecule has 104 valence electrons. The number of hydrogen-bond donors (Lipinski definition) is 0. The monoisotopic (exact) mass is 259 g/mol. The number of rotatable bonds is 0. The van der Waals surface area contributed by atoms with Crippen molar-refractivity contribution < 1.29 is 4.79 Å². The van der Waals surface area contributed by atoms with Gasteiger partial charge in [0.15, 0.2) is 0 Å². The van der Waals surface area contributed by atoms with E-state index in [0.717, 1.165) is 12.8 Å². The van der Waals surface area contributed by atoms with Crippen LogP contribution in [0.2, 0.25) is 0 Å². The van der Waals surface area contributed by atoms with Gasteiger partial charge in [-0.1, -0.05) is 26.7 Å². The van der Waals surface area contributed by atoms with E-state index in [0.29, 0.717) is 12.3 Å². The normalized spacial score (nSPS) is 22.4. The molecular formula is C17H25NO. The lowest BCUT2D eigenvalue weighted by Gasteiger charge is -2.31. The first kappa shape index (κ1) is 13.0. The summed E-state index contributed by atoms with van der Waals surface area (Å²) in [4.78, 5) is 12.5. The average molecular weight is 259 g/mol. The van der Waals surface area contributed by atoms with Crippen LogP contribution in [0.25, 0.3) is 0 Å². The van der Waals surface area contributed by atoms with Gasteiger partial charge < -0.3 is 0 Å². The summed E-state index contributed by atoms with van der Waals surface area (Å²) in [5.74, 6) is 0.330. The lowest BCUT2D eigenvalue weighted by atomic mass is 9.81. The Bertz CT molecular complexity index is 522. The molecule has 3 rings (SSSR count). The first-order valence-corrected chi connectivity index (χ1v) is 7.75. The number of fused-ring (bicyclic) bond motifs is 3. The van der Waals surface area contributed by atoms with E-state index >= 15 is 0 Å².